The molecule has 3 atom stereocenters. The largest absolute Gasteiger partial charge is 0.449 e. The third kappa shape index (κ3) is 3.67. The standard InChI is InChI=1S/C23H27Cl2NO2/c24-10-4-1-2-7-17(8-6-11-25)13-18-14-19-16-23(20(18)15-22(27)28-23)21-9-3-5-12-26(19)21/h13-15,19,21H,1,3-6,8-12,16H2. The minimum atomic E-state index is -0.452. The molecule has 4 rings (SSSR count). The van der Waals surface area contributed by atoms with Gasteiger partial charge in [-0.2, -0.15) is 0 Å². The van der Waals surface area contributed by atoms with E-state index in [9.17, 15) is 4.79 Å². The molecule has 3 heterocycles. The van der Waals surface area contributed by atoms with Gasteiger partial charge in [-0.25, -0.2) is 4.79 Å². The SMILES string of the molecule is O=C1C=C2C(C=C(C#CCCCCl)CCCCl)=CC3CC2(O1)C1CCCCN31. The molecule has 28 heavy (non-hydrogen) atoms. The highest BCUT2D eigenvalue weighted by Crippen LogP contribution is 2.53. The molecule has 3 unspecified atom stereocenters. The molecular formula is C23H27Cl2NO2. The summed E-state index contributed by atoms with van der Waals surface area (Å²) in [6, 6.07) is 0.658. The van der Waals surface area contributed by atoms with Crippen LogP contribution in [-0.4, -0.2) is 46.9 Å². The maximum atomic E-state index is 12.3. The molecule has 0 saturated carbocycles. The van der Waals surface area contributed by atoms with Gasteiger partial charge in [0, 0.05) is 47.9 Å². The number of unbranched alkanes of at least 4 members (excludes halogenated alkanes) is 1. The second-order valence-electron chi connectivity index (χ2n) is 8.07. The van der Waals surface area contributed by atoms with Crippen LogP contribution in [0.4, 0.5) is 0 Å². The van der Waals surface area contributed by atoms with Crippen molar-refractivity contribution in [3.05, 3.63) is 34.9 Å². The van der Waals surface area contributed by atoms with E-state index < -0.39 is 5.60 Å². The number of nitrogens with zero attached hydrogens (tertiary/aromatic N) is 1. The fourth-order valence-electron chi connectivity index (χ4n) is 5.17. The number of alkyl halides is 2. The Kier molecular flexibility index (Phi) is 6.21. The van der Waals surface area contributed by atoms with E-state index in [1.54, 1.807) is 6.08 Å². The van der Waals surface area contributed by atoms with Gasteiger partial charge in [0.25, 0.3) is 0 Å². The zero-order valence-corrected chi connectivity index (χ0v) is 17.7. The lowest BCUT2D eigenvalue weighted by Crippen LogP contribution is -2.48. The van der Waals surface area contributed by atoms with E-state index in [1.165, 1.54) is 12.8 Å². The summed E-state index contributed by atoms with van der Waals surface area (Å²) in [7, 11) is 0. The summed E-state index contributed by atoms with van der Waals surface area (Å²) in [6.07, 6.45) is 14.1. The average Bonchev–Trinajstić information content (AvgIpc) is 3.18. The van der Waals surface area contributed by atoms with Crippen LogP contribution in [0.25, 0.3) is 0 Å². The predicted octanol–water partition coefficient (Wildman–Crippen LogP) is 4.74. The summed E-state index contributed by atoms with van der Waals surface area (Å²) in [5.41, 5.74) is 2.81. The molecule has 2 bridgehead atoms. The Morgan fingerprint density at radius 1 is 1.32 bits per heavy atom. The lowest BCUT2D eigenvalue weighted by Gasteiger charge is -2.38. The highest BCUT2D eigenvalue weighted by molar-refractivity contribution is 6.18. The van der Waals surface area contributed by atoms with Gasteiger partial charge in [-0.3, -0.25) is 4.90 Å². The van der Waals surface area contributed by atoms with E-state index >= 15 is 0 Å². The second kappa shape index (κ2) is 8.66. The van der Waals surface area contributed by atoms with Gasteiger partial charge in [-0.05, 0) is 50.3 Å². The highest BCUT2D eigenvalue weighted by atomic mass is 35.5. The van der Waals surface area contributed by atoms with Gasteiger partial charge in [0.05, 0.1) is 6.04 Å². The number of hydrogen-bond donors (Lipinski definition) is 0. The summed E-state index contributed by atoms with van der Waals surface area (Å²) >= 11 is 11.7. The Labute approximate surface area is 177 Å². The van der Waals surface area contributed by atoms with Crippen LogP contribution in [0.3, 0.4) is 0 Å². The molecule has 1 spiro atoms. The maximum absolute atomic E-state index is 12.3. The molecule has 2 saturated heterocycles. The van der Waals surface area contributed by atoms with Crippen molar-refractivity contribution < 1.29 is 9.53 Å². The zero-order chi connectivity index (χ0) is 19.6. The Bertz CT molecular complexity index is 788. The van der Waals surface area contributed by atoms with Crippen LogP contribution in [0.1, 0.15) is 51.4 Å². The number of piperidine rings is 1. The molecular weight excluding hydrogens is 393 g/mol. The van der Waals surface area contributed by atoms with E-state index in [4.69, 9.17) is 27.9 Å². The molecule has 3 nitrogen and oxygen atoms in total. The molecule has 0 amide bonds. The Balaban J connectivity index is 1.67. The topological polar surface area (TPSA) is 29.5 Å². The van der Waals surface area contributed by atoms with Crippen LogP contribution >= 0.6 is 23.2 Å². The average molecular weight is 420 g/mol. The maximum Gasteiger partial charge on any atom is 0.332 e. The summed E-state index contributed by atoms with van der Waals surface area (Å²) in [6.45, 7) is 1.09. The van der Waals surface area contributed by atoms with E-state index in [1.807, 2.05) is 0 Å². The Morgan fingerprint density at radius 3 is 3.00 bits per heavy atom. The first-order valence-corrected chi connectivity index (χ1v) is 11.5. The number of carbonyl (C=O) groups is 1. The van der Waals surface area contributed by atoms with Crippen LogP contribution in [0.2, 0.25) is 0 Å². The van der Waals surface area contributed by atoms with Crippen molar-refractivity contribution in [1.82, 2.24) is 4.90 Å². The molecule has 0 radical (unpaired) electrons. The first kappa shape index (κ1) is 20.1. The van der Waals surface area contributed by atoms with Crippen LogP contribution in [0, 0.1) is 11.8 Å². The lowest BCUT2D eigenvalue weighted by atomic mass is 9.76. The van der Waals surface area contributed by atoms with Crippen molar-refractivity contribution in [1.29, 1.82) is 0 Å². The molecule has 2 fully saturated rings. The molecule has 4 aliphatic rings. The smallest absolute Gasteiger partial charge is 0.332 e. The van der Waals surface area contributed by atoms with Gasteiger partial charge in [0.2, 0.25) is 0 Å². The summed E-state index contributed by atoms with van der Waals surface area (Å²) in [5, 5.41) is 0. The number of esters is 1. The molecule has 150 valence electrons. The molecule has 0 aromatic rings. The second-order valence-corrected chi connectivity index (χ2v) is 8.82. The normalized spacial score (nSPS) is 31.4. The minimum absolute atomic E-state index is 0.196. The number of hydrogen-bond acceptors (Lipinski definition) is 3. The monoisotopic (exact) mass is 419 g/mol. The summed E-state index contributed by atoms with van der Waals surface area (Å²) in [4.78, 5) is 14.8. The molecule has 1 aliphatic carbocycles. The quantitative estimate of drug-likeness (QED) is 0.269. The van der Waals surface area contributed by atoms with E-state index in [-0.39, 0.29) is 5.97 Å². The molecule has 0 aromatic carbocycles. The van der Waals surface area contributed by atoms with Gasteiger partial charge in [0.1, 0.15) is 0 Å². The van der Waals surface area contributed by atoms with Crippen molar-refractivity contribution >= 4 is 29.2 Å². The van der Waals surface area contributed by atoms with E-state index in [2.05, 4.69) is 28.9 Å². The third-order valence-corrected chi connectivity index (χ3v) is 6.83. The number of allylic oxidation sites excluding steroid dienone is 2. The fourth-order valence-corrected chi connectivity index (χ4v) is 5.44. The van der Waals surface area contributed by atoms with Crippen LogP contribution in [0.15, 0.2) is 34.9 Å². The minimum Gasteiger partial charge on any atom is -0.449 e. The predicted molar refractivity (Wildman–Crippen MR) is 114 cm³/mol. The number of rotatable bonds is 6. The summed E-state index contributed by atoms with van der Waals surface area (Å²) < 4.78 is 6.00. The van der Waals surface area contributed by atoms with E-state index in [0.29, 0.717) is 23.8 Å². The zero-order valence-electron chi connectivity index (χ0n) is 16.2. The van der Waals surface area contributed by atoms with Crippen molar-refractivity contribution in [3.63, 3.8) is 0 Å². The van der Waals surface area contributed by atoms with Crippen LogP contribution < -0.4 is 0 Å². The van der Waals surface area contributed by atoms with Crippen LogP contribution in [-0.2, 0) is 9.53 Å². The van der Waals surface area contributed by atoms with E-state index in [0.717, 1.165) is 61.8 Å². The van der Waals surface area contributed by atoms with Gasteiger partial charge in [0.15, 0.2) is 5.60 Å². The van der Waals surface area contributed by atoms with Gasteiger partial charge in [-0.15, -0.1) is 23.2 Å². The third-order valence-electron chi connectivity index (χ3n) is 6.30. The number of ether oxygens (including phenoxy) is 1. The Hall–Kier alpha value is -1.21. The number of carbonyl (C=O) groups excluding carboxylic acids is 1. The van der Waals surface area contributed by atoms with Crippen LogP contribution in [0.5, 0.6) is 0 Å². The van der Waals surface area contributed by atoms with Crippen molar-refractivity contribution in [2.45, 2.75) is 69.1 Å². The van der Waals surface area contributed by atoms with Gasteiger partial charge in [-0.1, -0.05) is 24.3 Å². The van der Waals surface area contributed by atoms with Gasteiger partial charge < -0.3 is 4.74 Å². The summed E-state index contributed by atoms with van der Waals surface area (Å²) in [5.74, 6) is 7.62. The highest BCUT2D eigenvalue weighted by Gasteiger charge is 2.61. The first-order valence-electron chi connectivity index (χ1n) is 10.4. The fraction of sp³-hybridized carbons (Fsp3) is 0.609. The molecule has 5 heteroatoms. The first-order chi connectivity index (χ1) is 13.7. The Morgan fingerprint density at radius 2 is 2.18 bits per heavy atom. The molecule has 0 N–H and O–H groups in total. The van der Waals surface area contributed by atoms with Crippen molar-refractivity contribution in [2.24, 2.45) is 0 Å². The number of halogens is 2. The van der Waals surface area contributed by atoms with Gasteiger partial charge >= 0.3 is 5.97 Å². The molecule has 3 aliphatic heterocycles. The van der Waals surface area contributed by atoms with Crippen molar-refractivity contribution in [3.8, 4) is 11.8 Å². The molecule has 0 aromatic heterocycles. The van der Waals surface area contributed by atoms with Crippen molar-refractivity contribution in [2.75, 3.05) is 18.3 Å². The number of fused-ring (bicyclic) bond motifs is 3. The lowest BCUT2D eigenvalue weighted by molar-refractivity contribution is -0.148.